The molecule has 2 aromatic rings. The number of halogens is 1. The second-order valence-electron chi connectivity index (χ2n) is 3.81. The number of aromatic nitrogens is 2. The zero-order chi connectivity index (χ0) is 11.7. The van der Waals surface area contributed by atoms with Crippen molar-refractivity contribution in [2.45, 2.75) is 13.5 Å². The number of aryl methyl sites for hydroxylation is 2. The van der Waals surface area contributed by atoms with E-state index in [1.165, 1.54) is 11.1 Å². The highest BCUT2D eigenvalue weighted by Gasteiger charge is 2.12. The fourth-order valence-corrected chi connectivity index (χ4v) is 2.18. The Kier molecular flexibility index (Phi) is 3.12. The van der Waals surface area contributed by atoms with Crippen molar-refractivity contribution in [2.24, 2.45) is 12.8 Å². The Morgan fingerprint density at radius 1 is 1.44 bits per heavy atom. The Hall–Kier alpha value is -1.13. The molecule has 4 heteroatoms. The molecule has 0 aliphatic carbocycles. The Morgan fingerprint density at radius 3 is 2.88 bits per heavy atom. The van der Waals surface area contributed by atoms with E-state index in [9.17, 15) is 0 Å². The molecule has 2 N–H and O–H groups in total. The van der Waals surface area contributed by atoms with Crippen molar-refractivity contribution in [3.05, 3.63) is 40.3 Å². The van der Waals surface area contributed by atoms with Crippen molar-refractivity contribution in [1.29, 1.82) is 0 Å². The zero-order valence-corrected chi connectivity index (χ0v) is 11.0. The van der Waals surface area contributed by atoms with E-state index < -0.39 is 0 Å². The lowest BCUT2D eigenvalue weighted by Gasteiger charge is -2.09. The average Bonchev–Trinajstić information content (AvgIpc) is 2.63. The fraction of sp³-hybridized carbons (Fsp3) is 0.250. The molecule has 84 valence electrons. The molecule has 0 bridgehead atoms. The number of rotatable bonds is 2. The van der Waals surface area contributed by atoms with Crippen LogP contribution in [0, 0.1) is 6.92 Å². The Morgan fingerprint density at radius 2 is 2.19 bits per heavy atom. The van der Waals surface area contributed by atoms with Crippen molar-refractivity contribution in [3.8, 4) is 11.3 Å². The highest BCUT2D eigenvalue weighted by molar-refractivity contribution is 9.10. The maximum Gasteiger partial charge on any atom is 0.0952 e. The summed E-state index contributed by atoms with van der Waals surface area (Å²) in [4.78, 5) is 4.30. The van der Waals surface area contributed by atoms with Gasteiger partial charge in [0.15, 0.2) is 0 Å². The molecule has 3 nitrogen and oxygen atoms in total. The lowest BCUT2D eigenvalue weighted by molar-refractivity contribution is 0.919. The summed E-state index contributed by atoms with van der Waals surface area (Å²) >= 11 is 3.49. The number of benzene rings is 1. The molecule has 0 aliphatic heterocycles. The van der Waals surface area contributed by atoms with Gasteiger partial charge in [0.2, 0.25) is 0 Å². The van der Waals surface area contributed by atoms with Gasteiger partial charge in [-0.3, -0.25) is 0 Å². The largest absolute Gasteiger partial charge is 0.333 e. The maximum absolute atomic E-state index is 5.70. The fourth-order valence-electron chi connectivity index (χ4n) is 1.82. The molecule has 1 aromatic heterocycles. The van der Waals surface area contributed by atoms with Crippen LogP contribution in [0.1, 0.15) is 11.3 Å². The monoisotopic (exact) mass is 279 g/mol. The molecule has 2 rings (SSSR count). The summed E-state index contributed by atoms with van der Waals surface area (Å²) in [6.45, 7) is 2.55. The molecule has 1 aromatic carbocycles. The first-order chi connectivity index (χ1) is 7.63. The minimum Gasteiger partial charge on any atom is -0.333 e. The molecule has 0 radical (unpaired) electrons. The summed E-state index contributed by atoms with van der Waals surface area (Å²) in [6.07, 6.45) is 1.80. The predicted octanol–water partition coefficient (Wildman–Crippen LogP) is 2.62. The van der Waals surface area contributed by atoms with E-state index in [1.807, 2.05) is 17.7 Å². The maximum atomic E-state index is 5.70. The van der Waals surface area contributed by atoms with Gasteiger partial charge < -0.3 is 10.3 Å². The first-order valence-electron chi connectivity index (χ1n) is 5.10. The van der Waals surface area contributed by atoms with Gasteiger partial charge in [0, 0.05) is 23.6 Å². The van der Waals surface area contributed by atoms with Gasteiger partial charge in [-0.15, -0.1) is 0 Å². The molecule has 0 saturated carbocycles. The molecule has 0 fully saturated rings. The van der Waals surface area contributed by atoms with E-state index in [2.05, 4.69) is 40.0 Å². The van der Waals surface area contributed by atoms with Crippen LogP contribution < -0.4 is 5.73 Å². The third-order valence-electron chi connectivity index (χ3n) is 2.66. The van der Waals surface area contributed by atoms with Crippen LogP contribution in [0.3, 0.4) is 0 Å². The van der Waals surface area contributed by atoms with Crippen LogP contribution in [-0.4, -0.2) is 9.55 Å². The zero-order valence-electron chi connectivity index (χ0n) is 9.37. The van der Waals surface area contributed by atoms with Gasteiger partial charge in [-0.25, -0.2) is 4.98 Å². The van der Waals surface area contributed by atoms with Crippen molar-refractivity contribution in [2.75, 3.05) is 0 Å². The van der Waals surface area contributed by atoms with E-state index in [4.69, 9.17) is 5.73 Å². The average molecular weight is 280 g/mol. The van der Waals surface area contributed by atoms with Crippen LogP contribution in [0.2, 0.25) is 0 Å². The van der Waals surface area contributed by atoms with Crippen molar-refractivity contribution >= 4 is 15.9 Å². The van der Waals surface area contributed by atoms with Crippen molar-refractivity contribution in [1.82, 2.24) is 9.55 Å². The number of nitrogens with zero attached hydrogens (tertiary/aromatic N) is 2. The van der Waals surface area contributed by atoms with E-state index in [1.54, 1.807) is 6.33 Å². The lowest BCUT2D eigenvalue weighted by Crippen LogP contribution is -2.01. The van der Waals surface area contributed by atoms with Gasteiger partial charge in [0.25, 0.3) is 0 Å². The van der Waals surface area contributed by atoms with Crippen LogP contribution in [0.4, 0.5) is 0 Å². The summed E-state index contributed by atoms with van der Waals surface area (Å²) in [5.74, 6) is 0. The Labute approximate surface area is 103 Å². The third kappa shape index (κ3) is 1.90. The summed E-state index contributed by atoms with van der Waals surface area (Å²) in [5, 5.41) is 0. The second-order valence-corrected chi connectivity index (χ2v) is 4.73. The smallest absolute Gasteiger partial charge is 0.0952 e. The SMILES string of the molecule is Cc1ccc(Br)cc1-c1c(CN)ncn1C. The minimum atomic E-state index is 0.460. The summed E-state index contributed by atoms with van der Waals surface area (Å²) in [5.41, 5.74) is 10.1. The lowest BCUT2D eigenvalue weighted by atomic mass is 10.0. The number of hydrogen-bond donors (Lipinski definition) is 1. The molecule has 0 unspecified atom stereocenters. The predicted molar refractivity (Wildman–Crippen MR) is 69.0 cm³/mol. The second kappa shape index (κ2) is 4.39. The van der Waals surface area contributed by atoms with Gasteiger partial charge in [-0.1, -0.05) is 22.0 Å². The van der Waals surface area contributed by atoms with Gasteiger partial charge in [0.1, 0.15) is 0 Å². The summed E-state index contributed by atoms with van der Waals surface area (Å²) in [6, 6.07) is 6.23. The van der Waals surface area contributed by atoms with Gasteiger partial charge in [-0.05, 0) is 24.6 Å². The number of imidazole rings is 1. The summed E-state index contributed by atoms with van der Waals surface area (Å²) in [7, 11) is 1.99. The Bertz CT molecular complexity index is 517. The molecular weight excluding hydrogens is 266 g/mol. The standard InChI is InChI=1S/C12H14BrN3/c1-8-3-4-9(13)5-10(8)12-11(6-14)15-7-16(12)2/h3-5,7H,6,14H2,1-2H3. The topological polar surface area (TPSA) is 43.8 Å². The molecule has 16 heavy (non-hydrogen) atoms. The van der Waals surface area contributed by atoms with Crippen LogP contribution in [0.5, 0.6) is 0 Å². The van der Waals surface area contributed by atoms with Crippen LogP contribution in [0.25, 0.3) is 11.3 Å². The molecule has 0 saturated heterocycles. The van der Waals surface area contributed by atoms with Gasteiger partial charge in [-0.2, -0.15) is 0 Å². The summed E-state index contributed by atoms with van der Waals surface area (Å²) < 4.78 is 3.08. The van der Waals surface area contributed by atoms with Crippen molar-refractivity contribution < 1.29 is 0 Å². The van der Waals surface area contributed by atoms with Gasteiger partial charge in [0.05, 0.1) is 17.7 Å². The molecule has 0 amide bonds. The van der Waals surface area contributed by atoms with Crippen LogP contribution in [0.15, 0.2) is 29.0 Å². The van der Waals surface area contributed by atoms with Crippen LogP contribution in [-0.2, 0) is 13.6 Å². The highest BCUT2D eigenvalue weighted by Crippen LogP contribution is 2.28. The molecule has 0 aliphatic rings. The highest BCUT2D eigenvalue weighted by atomic mass is 79.9. The van der Waals surface area contributed by atoms with Crippen LogP contribution >= 0.6 is 15.9 Å². The number of hydrogen-bond acceptors (Lipinski definition) is 2. The van der Waals surface area contributed by atoms with E-state index >= 15 is 0 Å². The third-order valence-corrected chi connectivity index (χ3v) is 3.15. The molecule has 0 atom stereocenters. The molecule has 1 heterocycles. The first-order valence-corrected chi connectivity index (χ1v) is 5.89. The van der Waals surface area contributed by atoms with E-state index in [0.29, 0.717) is 6.54 Å². The van der Waals surface area contributed by atoms with Crippen molar-refractivity contribution in [3.63, 3.8) is 0 Å². The quantitative estimate of drug-likeness (QED) is 0.919. The van der Waals surface area contributed by atoms with E-state index in [0.717, 1.165) is 15.9 Å². The Balaban J connectivity index is 2.66. The minimum absolute atomic E-state index is 0.460. The first kappa shape index (κ1) is 11.4. The molecular formula is C12H14BrN3. The van der Waals surface area contributed by atoms with Gasteiger partial charge >= 0.3 is 0 Å². The molecule has 0 spiro atoms. The number of nitrogens with two attached hydrogens (primary N) is 1. The van der Waals surface area contributed by atoms with E-state index in [-0.39, 0.29) is 0 Å². The normalized spacial score (nSPS) is 10.8.